The van der Waals surface area contributed by atoms with Crippen LogP contribution in [0.3, 0.4) is 0 Å². The van der Waals surface area contributed by atoms with Crippen LogP contribution in [0.1, 0.15) is 36.5 Å². The van der Waals surface area contributed by atoms with E-state index in [4.69, 9.17) is 0 Å². The van der Waals surface area contributed by atoms with Crippen LogP contribution in [0, 0.1) is 5.92 Å². The normalized spacial score (nSPS) is 18.5. The summed E-state index contributed by atoms with van der Waals surface area (Å²) in [5.41, 5.74) is 0.746. The van der Waals surface area contributed by atoms with Crippen LogP contribution in [0.5, 0.6) is 0 Å². The summed E-state index contributed by atoms with van der Waals surface area (Å²) in [6.07, 6.45) is 3.41. The van der Waals surface area contributed by atoms with Crippen molar-refractivity contribution in [2.45, 2.75) is 26.2 Å². The highest BCUT2D eigenvalue weighted by molar-refractivity contribution is 9.11. The van der Waals surface area contributed by atoms with E-state index in [1.807, 2.05) is 23.1 Å². The molecule has 1 aliphatic heterocycles. The van der Waals surface area contributed by atoms with Gasteiger partial charge in [0, 0.05) is 22.0 Å². The molecule has 1 aromatic carbocycles. The Morgan fingerprint density at radius 1 is 1.43 bits per heavy atom. The first-order valence-corrected chi connectivity index (χ1v) is 9.15. The smallest absolute Gasteiger partial charge is 0.255 e. The van der Waals surface area contributed by atoms with Gasteiger partial charge < -0.3 is 10.2 Å². The molecule has 1 aliphatic rings. The summed E-state index contributed by atoms with van der Waals surface area (Å²) in [5, 5.41) is 3.43. The van der Waals surface area contributed by atoms with Crippen LogP contribution in [0.25, 0.3) is 0 Å². The predicted octanol–water partition coefficient (Wildman–Crippen LogP) is 4.06. The average Bonchev–Trinajstić information content (AvgIpc) is 2.47. The van der Waals surface area contributed by atoms with Crippen LogP contribution in [0.2, 0.25) is 0 Å². The average molecular weight is 418 g/mol. The fraction of sp³-hybridized carbons (Fsp3) is 0.562. The Bertz CT molecular complexity index is 487. The largest absolute Gasteiger partial charge is 0.338 e. The van der Waals surface area contributed by atoms with Gasteiger partial charge in [0.15, 0.2) is 0 Å². The summed E-state index contributed by atoms with van der Waals surface area (Å²) in [5.74, 6) is 0.699. The van der Waals surface area contributed by atoms with Gasteiger partial charge in [-0.15, -0.1) is 0 Å². The highest BCUT2D eigenvalue weighted by Crippen LogP contribution is 2.24. The second-order valence-corrected chi connectivity index (χ2v) is 7.36. The van der Waals surface area contributed by atoms with Crippen molar-refractivity contribution in [1.82, 2.24) is 10.2 Å². The van der Waals surface area contributed by atoms with Gasteiger partial charge in [-0.2, -0.15) is 0 Å². The molecule has 0 aromatic heterocycles. The Labute approximate surface area is 143 Å². The summed E-state index contributed by atoms with van der Waals surface area (Å²) in [6, 6.07) is 5.74. The molecule has 0 spiro atoms. The SMILES string of the molecule is CCCN(CC1CCCNC1)C(=O)c1ccc(Br)cc1Br. The highest BCUT2D eigenvalue weighted by atomic mass is 79.9. The van der Waals surface area contributed by atoms with E-state index in [1.54, 1.807) is 0 Å². The number of amides is 1. The van der Waals surface area contributed by atoms with Crippen molar-refractivity contribution in [3.8, 4) is 0 Å². The van der Waals surface area contributed by atoms with E-state index in [0.29, 0.717) is 5.92 Å². The molecule has 0 aliphatic carbocycles. The minimum atomic E-state index is 0.127. The maximum atomic E-state index is 12.8. The van der Waals surface area contributed by atoms with E-state index in [0.717, 1.165) is 47.1 Å². The van der Waals surface area contributed by atoms with E-state index in [2.05, 4.69) is 44.1 Å². The molecule has 21 heavy (non-hydrogen) atoms. The molecule has 3 nitrogen and oxygen atoms in total. The van der Waals surface area contributed by atoms with Crippen molar-refractivity contribution in [2.75, 3.05) is 26.2 Å². The van der Waals surface area contributed by atoms with Crippen LogP contribution in [-0.2, 0) is 0 Å². The van der Waals surface area contributed by atoms with Gasteiger partial charge >= 0.3 is 0 Å². The molecular formula is C16H22Br2N2O. The molecule has 0 radical (unpaired) electrons. The topological polar surface area (TPSA) is 32.3 Å². The zero-order valence-corrected chi connectivity index (χ0v) is 15.5. The molecule has 0 saturated carbocycles. The Morgan fingerprint density at radius 2 is 2.24 bits per heavy atom. The number of carbonyl (C=O) groups excluding carboxylic acids is 1. The molecule has 1 heterocycles. The number of carbonyl (C=O) groups is 1. The number of nitrogens with one attached hydrogen (secondary N) is 1. The molecule has 1 unspecified atom stereocenters. The van der Waals surface area contributed by atoms with Crippen LogP contribution < -0.4 is 5.32 Å². The summed E-state index contributed by atoms with van der Waals surface area (Å²) >= 11 is 6.93. The Kier molecular flexibility index (Phi) is 6.71. The molecule has 1 atom stereocenters. The van der Waals surface area contributed by atoms with E-state index in [1.165, 1.54) is 12.8 Å². The fourth-order valence-corrected chi connectivity index (χ4v) is 3.99. The predicted molar refractivity (Wildman–Crippen MR) is 93.6 cm³/mol. The number of hydrogen-bond acceptors (Lipinski definition) is 2. The molecule has 1 saturated heterocycles. The maximum Gasteiger partial charge on any atom is 0.255 e. The van der Waals surface area contributed by atoms with Crippen molar-refractivity contribution in [1.29, 1.82) is 0 Å². The molecular weight excluding hydrogens is 396 g/mol. The number of halogens is 2. The minimum absolute atomic E-state index is 0.127. The lowest BCUT2D eigenvalue weighted by Crippen LogP contribution is -2.41. The van der Waals surface area contributed by atoms with E-state index < -0.39 is 0 Å². The third-order valence-electron chi connectivity index (χ3n) is 3.82. The van der Waals surface area contributed by atoms with Crippen LogP contribution in [0.15, 0.2) is 27.1 Å². The molecule has 1 aromatic rings. The van der Waals surface area contributed by atoms with Crippen LogP contribution in [-0.4, -0.2) is 37.0 Å². The Balaban J connectivity index is 2.10. The van der Waals surface area contributed by atoms with E-state index >= 15 is 0 Å². The molecule has 5 heteroatoms. The number of hydrogen-bond donors (Lipinski definition) is 1. The first-order chi connectivity index (χ1) is 10.1. The fourth-order valence-electron chi connectivity index (χ4n) is 2.77. The first-order valence-electron chi connectivity index (χ1n) is 7.57. The third kappa shape index (κ3) is 4.80. The molecule has 1 amide bonds. The standard InChI is InChI=1S/C16H22Br2N2O/c1-2-8-20(11-12-4-3-7-19-10-12)16(21)14-6-5-13(17)9-15(14)18/h5-6,9,12,19H,2-4,7-8,10-11H2,1H3. The second kappa shape index (κ2) is 8.30. The van der Waals surface area contributed by atoms with Crippen molar-refractivity contribution in [2.24, 2.45) is 5.92 Å². The van der Waals surface area contributed by atoms with Gasteiger partial charge in [0.25, 0.3) is 5.91 Å². The first kappa shape index (κ1) is 17.0. The monoisotopic (exact) mass is 416 g/mol. The van der Waals surface area contributed by atoms with Gasteiger partial charge in [-0.25, -0.2) is 0 Å². The lowest BCUT2D eigenvalue weighted by molar-refractivity contribution is 0.0718. The van der Waals surface area contributed by atoms with Gasteiger partial charge in [-0.3, -0.25) is 4.79 Å². The Morgan fingerprint density at radius 3 is 2.86 bits per heavy atom. The molecule has 1 N–H and O–H groups in total. The summed E-state index contributed by atoms with van der Waals surface area (Å²) in [7, 11) is 0. The maximum absolute atomic E-state index is 12.8. The summed E-state index contributed by atoms with van der Waals surface area (Å²) in [6.45, 7) is 5.92. The molecule has 1 fully saturated rings. The van der Waals surface area contributed by atoms with E-state index in [9.17, 15) is 4.79 Å². The minimum Gasteiger partial charge on any atom is -0.338 e. The zero-order chi connectivity index (χ0) is 15.2. The second-order valence-electron chi connectivity index (χ2n) is 5.59. The zero-order valence-electron chi connectivity index (χ0n) is 12.4. The molecule has 116 valence electrons. The quantitative estimate of drug-likeness (QED) is 0.783. The van der Waals surface area contributed by atoms with Crippen LogP contribution in [0.4, 0.5) is 0 Å². The number of benzene rings is 1. The van der Waals surface area contributed by atoms with E-state index in [-0.39, 0.29) is 5.91 Å². The van der Waals surface area contributed by atoms with Crippen molar-refractivity contribution in [3.05, 3.63) is 32.7 Å². The molecule has 2 rings (SSSR count). The number of nitrogens with zero attached hydrogens (tertiary/aromatic N) is 1. The molecule has 0 bridgehead atoms. The van der Waals surface area contributed by atoms with Crippen LogP contribution >= 0.6 is 31.9 Å². The third-order valence-corrected chi connectivity index (χ3v) is 4.97. The summed E-state index contributed by atoms with van der Waals surface area (Å²) in [4.78, 5) is 14.8. The van der Waals surface area contributed by atoms with Gasteiger partial charge in [-0.1, -0.05) is 22.9 Å². The van der Waals surface area contributed by atoms with Crippen molar-refractivity contribution in [3.63, 3.8) is 0 Å². The van der Waals surface area contributed by atoms with Gasteiger partial charge in [0.05, 0.1) is 5.56 Å². The van der Waals surface area contributed by atoms with Gasteiger partial charge in [0.2, 0.25) is 0 Å². The lowest BCUT2D eigenvalue weighted by atomic mass is 9.98. The van der Waals surface area contributed by atoms with Crippen molar-refractivity contribution < 1.29 is 4.79 Å². The van der Waals surface area contributed by atoms with Gasteiger partial charge in [0.1, 0.15) is 0 Å². The van der Waals surface area contributed by atoms with Crippen molar-refractivity contribution >= 4 is 37.8 Å². The number of rotatable bonds is 5. The van der Waals surface area contributed by atoms with Gasteiger partial charge in [-0.05, 0) is 72.4 Å². The lowest BCUT2D eigenvalue weighted by Gasteiger charge is -2.30. The highest BCUT2D eigenvalue weighted by Gasteiger charge is 2.22. The summed E-state index contributed by atoms with van der Waals surface area (Å²) < 4.78 is 1.83. The number of piperidine rings is 1. The Hall–Kier alpha value is -0.390.